The van der Waals surface area contributed by atoms with Crippen molar-refractivity contribution in [1.82, 2.24) is 10.2 Å². The Morgan fingerprint density at radius 1 is 1.00 bits per heavy atom. The summed E-state index contributed by atoms with van der Waals surface area (Å²) in [5, 5.41) is 4.99. The van der Waals surface area contributed by atoms with Gasteiger partial charge in [0.05, 0.1) is 10.9 Å². The number of nitrogens with one attached hydrogen (secondary N) is 1. The quantitative estimate of drug-likeness (QED) is 0.658. The molecule has 1 aromatic heterocycles. The molecule has 4 rings (SSSR count). The molecule has 2 heterocycles. The summed E-state index contributed by atoms with van der Waals surface area (Å²) in [5.74, 6) is -0.121. The zero-order chi connectivity index (χ0) is 20.2. The third kappa shape index (κ3) is 4.25. The average molecular weight is 405 g/mol. The van der Waals surface area contributed by atoms with E-state index < -0.39 is 6.04 Å². The van der Waals surface area contributed by atoms with Gasteiger partial charge in [-0.25, -0.2) is 0 Å². The summed E-state index contributed by atoms with van der Waals surface area (Å²) >= 11 is 1.42. The van der Waals surface area contributed by atoms with E-state index in [1.807, 2.05) is 42.6 Å². The number of carbonyl (C=O) groups is 2. The lowest BCUT2D eigenvalue weighted by Gasteiger charge is -2.25. The summed E-state index contributed by atoms with van der Waals surface area (Å²) in [6.07, 6.45) is 1.57. The second-order valence-electron chi connectivity index (χ2n) is 7.35. The third-order valence-corrected chi connectivity index (χ3v) is 6.28. The molecule has 0 radical (unpaired) electrons. The molecule has 3 aromatic rings. The van der Waals surface area contributed by atoms with Gasteiger partial charge in [-0.05, 0) is 47.9 Å². The van der Waals surface area contributed by atoms with Crippen molar-refractivity contribution in [2.24, 2.45) is 0 Å². The maximum atomic E-state index is 12.9. The van der Waals surface area contributed by atoms with Crippen LogP contribution in [0.15, 0.2) is 72.1 Å². The van der Waals surface area contributed by atoms with Crippen molar-refractivity contribution in [3.63, 3.8) is 0 Å². The van der Waals surface area contributed by atoms with Crippen LogP contribution in [0.25, 0.3) is 11.1 Å². The minimum atomic E-state index is -0.393. The monoisotopic (exact) mass is 404 g/mol. The Bertz CT molecular complexity index is 968. The lowest BCUT2D eigenvalue weighted by Crippen LogP contribution is -2.46. The Hall–Kier alpha value is -2.92. The molecule has 0 spiro atoms. The Kier molecular flexibility index (Phi) is 5.76. The first-order chi connectivity index (χ1) is 14.1. The SMILES string of the molecule is C[C@@H](NC(=O)[C@@H]1CCCN1C(=O)c1cccs1)c1ccc(-c2ccccc2)cc1. The van der Waals surface area contributed by atoms with E-state index in [1.165, 1.54) is 16.9 Å². The van der Waals surface area contributed by atoms with Gasteiger partial charge >= 0.3 is 0 Å². The van der Waals surface area contributed by atoms with Gasteiger partial charge in [0.1, 0.15) is 6.04 Å². The Morgan fingerprint density at radius 3 is 2.41 bits per heavy atom. The molecule has 0 saturated carbocycles. The van der Waals surface area contributed by atoms with Crippen molar-refractivity contribution in [1.29, 1.82) is 0 Å². The molecule has 2 aromatic carbocycles. The molecular formula is C24H24N2O2S. The zero-order valence-corrected chi connectivity index (χ0v) is 17.2. The molecule has 5 heteroatoms. The number of nitrogens with zero attached hydrogens (tertiary/aromatic N) is 1. The van der Waals surface area contributed by atoms with Gasteiger partial charge in [0.2, 0.25) is 5.91 Å². The fourth-order valence-electron chi connectivity index (χ4n) is 3.81. The summed E-state index contributed by atoms with van der Waals surface area (Å²) in [4.78, 5) is 28.0. The summed E-state index contributed by atoms with van der Waals surface area (Å²) in [7, 11) is 0. The summed E-state index contributed by atoms with van der Waals surface area (Å²) in [6, 6.07) is 21.7. The number of hydrogen-bond donors (Lipinski definition) is 1. The fourth-order valence-corrected chi connectivity index (χ4v) is 4.49. The number of thiophene rings is 1. The van der Waals surface area contributed by atoms with Crippen LogP contribution in [0.4, 0.5) is 0 Å². The highest BCUT2D eigenvalue weighted by Gasteiger charge is 2.35. The predicted molar refractivity (Wildman–Crippen MR) is 117 cm³/mol. The van der Waals surface area contributed by atoms with E-state index in [0.29, 0.717) is 17.8 Å². The lowest BCUT2D eigenvalue weighted by atomic mass is 10.0. The largest absolute Gasteiger partial charge is 0.348 e. The van der Waals surface area contributed by atoms with Crippen LogP contribution in [0.5, 0.6) is 0 Å². The van der Waals surface area contributed by atoms with Gasteiger partial charge in [0.25, 0.3) is 5.91 Å². The summed E-state index contributed by atoms with van der Waals surface area (Å²) in [6.45, 7) is 2.62. The molecule has 1 N–H and O–H groups in total. The number of hydrogen-bond acceptors (Lipinski definition) is 3. The molecule has 1 saturated heterocycles. The summed E-state index contributed by atoms with van der Waals surface area (Å²) < 4.78 is 0. The fraction of sp³-hybridized carbons (Fsp3) is 0.250. The number of carbonyl (C=O) groups excluding carboxylic acids is 2. The lowest BCUT2D eigenvalue weighted by molar-refractivity contribution is -0.125. The molecule has 1 fully saturated rings. The highest BCUT2D eigenvalue weighted by Crippen LogP contribution is 2.25. The molecule has 2 atom stereocenters. The van der Waals surface area contributed by atoms with Crippen molar-refractivity contribution in [2.45, 2.75) is 31.8 Å². The van der Waals surface area contributed by atoms with Crippen molar-refractivity contribution in [2.75, 3.05) is 6.54 Å². The average Bonchev–Trinajstić information content (AvgIpc) is 3.46. The molecule has 0 bridgehead atoms. The molecule has 1 aliphatic rings. The van der Waals surface area contributed by atoms with Gasteiger partial charge in [-0.3, -0.25) is 9.59 Å². The van der Waals surface area contributed by atoms with Gasteiger partial charge in [0.15, 0.2) is 0 Å². The summed E-state index contributed by atoms with van der Waals surface area (Å²) in [5.41, 5.74) is 3.37. The van der Waals surface area contributed by atoms with E-state index in [1.54, 1.807) is 4.90 Å². The minimum Gasteiger partial charge on any atom is -0.348 e. The second-order valence-corrected chi connectivity index (χ2v) is 8.30. The second kappa shape index (κ2) is 8.62. The van der Waals surface area contributed by atoms with E-state index in [-0.39, 0.29) is 17.9 Å². The number of likely N-dealkylation sites (tertiary alicyclic amines) is 1. The van der Waals surface area contributed by atoms with E-state index in [0.717, 1.165) is 17.5 Å². The third-order valence-electron chi connectivity index (χ3n) is 5.42. The van der Waals surface area contributed by atoms with Crippen LogP contribution in [0.2, 0.25) is 0 Å². The van der Waals surface area contributed by atoms with Crippen molar-refractivity contribution in [3.05, 3.63) is 82.6 Å². The Labute approximate surface area is 175 Å². The first-order valence-corrected chi connectivity index (χ1v) is 10.8. The van der Waals surface area contributed by atoms with Gasteiger partial charge in [0, 0.05) is 6.54 Å². The topological polar surface area (TPSA) is 49.4 Å². The molecule has 29 heavy (non-hydrogen) atoms. The van der Waals surface area contributed by atoms with Crippen molar-refractivity contribution >= 4 is 23.2 Å². The van der Waals surface area contributed by atoms with Gasteiger partial charge in [-0.1, -0.05) is 60.7 Å². The van der Waals surface area contributed by atoms with Crippen molar-refractivity contribution in [3.8, 4) is 11.1 Å². The van der Waals surface area contributed by atoms with E-state index in [4.69, 9.17) is 0 Å². The van der Waals surface area contributed by atoms with Crippen LogP contribution in [0, 0.1) is 0 Å². The first kappa shape index (κ1) is 19.4. The van der Waals surface area contributed by atoms with Crippen LogP contribution < -0.4 is 5.32 Å². The number of amides is 2. The Balaban J connectivity index is 1.42. The van der Waals surface area contributed by atoms with E-state index >= 15 is 0 Å². The van der Waals surface area contributed by atoms with Gasteiger partial charge in [-0.15, -0.1) is 11.3 Å². The molecule has 1 aliphatic heterocycles. The molecule has 4 nitrogen and oxygen atoms in total. The maximum Gasteiger partial charge on any atom is 0.264 e. The van der Waals surface area contributed by atoms with E-state index in [9.17, 15) is 9.59 Å². The normalized spacial score (nSPS) is 17.1. The molecule has 2 amide bonds. The van der Waals surface area contributed by atoms with Gasteiger partial charge in [-0.2, -0.15) is 0 Å². The predicted octanol–water partition coefficient (Wildman–Crippen LogP) is 4.90. The highest BCUT2D eigenvalue weighted by molar-refractivity contribution is 7.12. The van der Waals surface area contributed by atoms with Crippen LogP contribution >= 0.6 is 11.3 Å². The highest BCUT2D eigenvalue weighted by atomic mass is 32.1. The van der Waals surface area contributed by atoms with Crippen LogP contribution in [0.1, 0.15) is 41.0 Å². The van der Waals surface area contributed by atoms with Crippen molar-refractivity contribution < 1.29 is 9.59 Å². The Morgan fingerprint density at radius 2 is 1.72 bits per heavy atom. The molecule has 0 aliphatic carbocycles. The minimum absolute atomic E-state index is 0.0440. The van der Waals surface area contributed by atoms with Crippen LogP contribution in [0.3, 0.4) is 0 Å². The standard InChI is InChI=1S/C24H24N2O2S/c1-17(18-11-13-20(14-12-18)19-7-3-2-4-8-19)25-23(27)21-9-5-15-26(21)24(28)22-10-6-16-29-22/h2-4,6-8,10-14,16-17,21H,5,9,15H2,1H3,(H,25,27)/t17-,21+/m1/s1. The zero-order valence-electron chi connectivity index (χ0n) is 16.4. The van der Waals surface area contributed by atoms with Crippen LogP contribution in [-0.2, 0) is 4.79 Å². The first-order valence-electron chi connectivity index (χ1n) is 9.94. The molecule has 0 unspecified atom stereocenters. The molecular weight excluding hydrogens is 380 g/mol. The molecule has 148 valence electrons. The van der Waals surface area contributed by atoms with E-state index in [2.05, 4.69) is 41.7 Å². The van der Waals surface area contributed by atoms with Crippen LogP contribution in [-0.4, -0.2) is 29.3 Å². The number of benzene rings is 2. The van der Waals surface area contributed by atoms with Gasteiger partial charge < -0.3 is 10.2 Å². The smallest absolute Gasteiger partial charge is 0.264 e. The number of rotatable bonds is 5. The maximum absolute atomic E-state index is 12.9.